The molecule has 5 nitrogen and oxygen atoms in total. The van der Waals surface area contributed by atoms with Crippen LogP contribution in [-0.4, -0.2) is 21.1 Å². The van der Waals surface area contributed by atoms with Crippen LogP contribution in [0.2, 0.25) is 0 Å². The number of para-hydroxylation sites is 2. The lowest BCUT2D eigenvalue weighted by Crippen LogP contribution is -2.39. The Balaban J connectivity index is 1.30. The van der Waals surface area contributed by atoms with Gasteiger partial charge in [0.2, 0.25) is 0 Å². The van der Waals surface area contributed by atoms with E-state index in [9.17, 15) is 0 Å². The first-order valence-electron chi connectivity index (χ1n) is 13.7. The Kier molecular flexibility index (Phi) is 5.52. The summed E-state index contributed by atoms with van der Waals surface area (Å²) in [5.74, 6) is 2.80. The molecule has 0 saturated heterocycles. The van der Waals surface area contributed by atoms with Gasteiger partial charge in [-0.25, -0.2) is 15.0 Å². The molecular weight excluding hydrogens is 504 g/mol. The van der Waals surface area contributed by atoms with Gasteiger partial charge in [-0.3, -0.25) is 4.99 Å². The fourth-order valence-corrected chi connectivity index (χ4v) is 5.75. The maximum absolute atomic E-state index is 6.56. The summed E-state index contributed by atoms with van der Waals surface area (Å²) in [4.78, 5) is 19.9. The summed E-state index contributed by atoms with van der Waals surface area (Å²) in [6.45, 7) is 0. The lowest BCUT2D eigenvalue weighted by Gasteiger charge is -2.24. The summed E-state index contributed by atoms with van der Waals surface area (Å²) in [6, 6.07) is 45.0. The molecule has 0 fully saturated rings. The van der Waals surface area contributed by atoms with Crippen LogP contribution in [0.25, 0.3) is 39.7 Å². The molecule has 0 N–H and O–H groups in total. The number of hydrogen-bond donors (Lipinski definition) is 0. The quantitative estimate of drug-likeness (QED) is 0.273. The van der Waals surface area contributed by atoms with Gasteiger partial charge in [0.05, 0.1) is 5.36 Å². The van der Waals surface area contributed by atoms with Crippen LogP contribution in [-0.2, 0) is 0 Å². The maximum atomic E-state index is 6.56. The van der Waals surface area contributed by atoms with Gasteiger partial charge >= 0.3 is 0 Å². The van der Waals surface area contributed by atoms with E-state index in [4.69, 9.17) is 24.7 Å². The molecule has 8 rings (SSSR count). The van der Waals surface area contributed by atoms with Crippen molar-refractivity contribution in [1.29, 1.82) is 0 Å². The van der Waals surface area contributed by atoms with E-state index >= 15 is 0 Å². The normalized spacial score (nSPS) is 16.6. The van der Waals surface area contributed by atoms with Gasteiger partial charge in [0, 0.05) is 33.0 Å². The Morgan fingerprint density at radius 3 is 1.78 bits per heavy atom. The molecular formula is C36H24N4O. The van der Waals surface area contributed by atoms with E-state index in [1.54, 1.807) is 0 Å². The van der Waals surface area contributed by atoms with Crippen LogP contribution in [0.3, 0.4) is 0 Å². The first-order chi connectivity index (χ1) is 20.3. The predicted molar refractivity (Wildman–Crippen MR) is 159 cm³/mol. The standard InChI is InChI=1S/C36H24N4O/c1-3-12-23(13-4-1)34-38-35(24-14-5-2-6-15-24)40-36(39-34)26-17-11-16-25(22-26)31-27-18-7-9-20-29(27)37-32-28-19-8-10-21-30(28)41-33(31)32/h1-22,32-33H. The van der Waals surface area contributed by atoms with Crippen LogP contribution in [0, 0.1) is 0 Å². The summed E-state index contributed by atoms with van der Waals surface area (Å²) in [6.07, 6.45) is -0.212. The molecule has 0 aliphatic carbocycles. The van der Waals surface area contributed by atoms with Gasteiger partial charge in [-0.05, 0) is 23.8 Å². The van der Waals surface area contributed by atoms with E-state index in [1.165, 1.54) is 0 Å². The topological polar surface area (TPSA) is 60.3 Å². The number of rotatable bonds is 4. The van der Waals surface area contributed by atoms with E-state index < -0.39 is 0 Å². The SMILES string of the molecule is c1ccc(-c2nc(-c3ccccc3)nc(-c3cccc(C4=c5ccccc5=NC5c6ccccc6OC45)c3)n2)cc1. The Morgan fingerprint density at radius 1 is 0.488 bits per heavy atom. The summed E-state index contributed by atoms with van der Waals surface area (Å²) >= 11 is 0. The fraction of sp³-hybridized carbons (Fsp3) is 0.0556. The molecule has 194 valence electrons. The Hall–Kier alpha value is -5.42. The number of fused-ring (bicyclic) bond motifs is 4. The van der Waals surface area contributed by atoms with E-state index in [2.05, 4.69) is 54.6 Å². The number of hydrogen-bond acceptors (Lipinski definition) is 5. The molecule has 5 aromatic carbocycles. The van der Waals surface area contributed by atoms with Crippen LogP contribution in [0.4, 0.5) is 0 Å². The highest BCUT2D eigenvalue weighted by atomic mass is 16.5. The molecule has 2 aliphatic heterocycles. The minimum absolute atomic E-state index is 0.0914. The Labute approximate surface area is 237 Å². The van der Waals surface area contributed by atoms with Crippen molar-refractivity contribution in [3.05, 3.63) is 155 Å². The zero-order chi connectivity index (χ0) is 27.2. The van der Waals surface area contributed by atoms with Crippen molar-refractivity contribution in [1.82, 2.24) is 15.0 Å². The van der Waals surface area contributed by atoms with Crippen LogP contribution in [0.1, 0.15) is 17.2 Å². The Morgan fingerprint density at radius 2 is 1.05 bits per heavy atom. The van der Waals surface area contributed by atoms with Gasteiger partial charge in [-0.15, -0.1) is 0 Å². The van der Waals surface area contributed by atoms with Crippen molar-refractivity contribution in [2.24, 2.45) is 4.99 Å². The molecule has 0 amide bonds. The molecule has 41 heavy (non-hydrogen) atoms. The number of nitrogens with zero attached hydrogens (tertiary/aromatic N) is 4. The third-order valence-electron chi connectivity index (χ3n) is 7.67. The monoisotopic (exact) mass is 528 g/mol. The lowest BCUT2D eigenvalue weighted by atomic mass is 9.89. The second kappa shape index (κ2) is 9.65. The van der Waals surface area contributed by atoms with Gasteiger partial charge in [-0.2, -0.15) is 0 Å². The highest BCUT2D eigenvalue weighted by Gasteiger charge is 2.39. The van der Waals surface area contributed by atoms with Crippen molar-refractivity contribution < 1.29 is 4.74 Å². The van der Waals surface area contributed by atoms with Crippen molar-refractivity contribution in [2.45, 2.75) is 12.1 Å². The lowest BCUT2D eigenvalue weighted by molar-refractivity contribution is 0.262. The highest BCUT2D eigenvalue weighted by molar-refractivity contribution is 5.76. The molecule has 2 atom stereocenters. The van der Waals surface area contributed by atoms with Crippen LogP contribution < -0.4 is 15.3 Å². The molecule has 2 unspecified atom stereocenters. The minimum Gasteiger partial charge on any atom is -0.483 e. The largest absolute Gasteiger partial charge is 0.483 e. The number of ether oxygens (including phenoxy) is 1. The average Bonchev–Trinajstić information content (AvgIpc) is 3.42. The first-order valence-corrected chi connectivity index (χ1v) is 13.7. The molecule has 0 radical (unpaired) electrons. The van der Waals surface area contributed by atoms with E-state index in [-0.39, 0.29) is 12.1 Å². The predicted octanol–water partition coefficient (Wildman–Crippen LogP) is 6.21. The minimum atomic E-state index is -0.212. The zero-order valence-electron chi connectivity index (χ0n) is 22.1. The van der Waals surface area contributed by atoms with E-state index in [0.717, 1.165) is 49.7 Å². The number of aromatic nitrogens is 3. The van der Waals surface area contributed by atoms with E-state index in [1.807, 2.05) is 78.9 Å². The summed E-state index contributed by atoms with van der Waals surface area (Å²) in [5, 5.41) is 2.07. The molecule has 3 heterocycles. The van der Waals surface area contributed by atoms with Crippen LogP contribution >= 0.6 is 0 Å². The zero-order valence-corrected chi connectivity index (χ0v) is 22.1. The number of benzene rings is 5. The third kappa shape index (κ3) is 4.10. The van der Waals surface area contributed by atoms with Crippen molar-refractivity contribution >= 4 is 5.57 Å². The van der Waals surface area contributed by atoms with Crippen molar-refractivity contribution in [3.8, 4) is 39.9 Å². The molecule has 1 aromatic heterocycles. The van der Waals surface area contributed by atoms with Crippen molar-refractivity contribution in [2.75, 3.05) is 0 Å². The van der Waals surface area contributed by atoms with E-state index in [0.29, 0.717) is 17.5 Å². The molecule has 2 aliphatic rings. The van der Waals surface area contributed by atoms with Gasteiger partial charge in [0.15, 0.2) is 23.6 Å². The second-order valence-electron chi connectivity index (χ2n) is 10.2. The molecule has 5 heteroatoms. The smallest absolute Gasteiger partial charge is 0.164 e. The second-order valence-corrected chi connectivity index (χ2v) is 10.2. The van der Waals surface area contributed by atoms with Crippen molar-refractivity contribution in [3.63, 3.8) is 0 Å². The summed E-state index contributed by atoms with van der Waals surface area (Å²) in [7, 11) is 0. The molecule has 0 saturated carbocycles. The summed E-state index contributed by atoms with van der Waals surface area (Å²) in [5.41, 5.74) is 6.12. The molecule has 0 bridgehead atoms. The highest BCUT2D eigenvalue weighted by Crippen LogP contribution is 2.44. The summed E-state index contributed by atoms with van der Waals surface area (Å²) < 4.78 is 6.56. The van der Waals surface area contributed by atoms with Crippen LogP contribution in [0.5, 0.6) is 5.75 Å². The molecule has 6 aromatic rings. The van der Waals surface area contributed by atoms with Gasteiger partial charge < -0.3 is 4.74 Å². The van der Waals surface area contributed by atoms with Gasteiger partial charge in [0.1, 0.15) is 11.8 Å². The molecule has 0 spiro atoms. The van der Waals surface area contributed by atoms with Crippen LogP contribution in [0.15, 0.2) is 138 Å². The maximum Gasteiger partial charge on any atom is 0.164 e. The van der Waals surface area contributed by atoms with Gasteiger partial charge in [-0.1, -0.05) is 115 Å². The third-order valence-corrected chi connectivity index (χ3v) is 7.67. The average molecular weight is 529 g/mol. The Bertz CT molecular complexity index is 1980. The fourth-order valence-electron chi connectivity index (χ4n) is 5.75. The first kappa shape index (κ1) is 23.5. The van der Waals surface area contributed by atoms with Gasteiger partial charge in [0.25, 0.3) is 0 Å².